The summed E-state index contributed by atoms with van der Waals surface area (Å²) in [5.41, 5.74) is 0.484. The van der Waals surface area contributed by atoms with Crippen LogP contribution < -0.4 is 0 Å². The number of hydrogen-bond acceptors (Lipinski definition) is 5. The van der Waals surface area contributed by atoms with Gasteiger partial charge in [0.2, 0.25) is 0 Å². The maximum atomic E-state index is 11.4. The summed E-state index contributed by atoms with van der Waals surface area (Å²) in [5, 5.41) is 7.91. The summed E-state index contributed by atoms with van der Waals surface area (Å²) in [5.74, 6) is -1.26. The summed E-state index contributed by atoms with van der Waals surface area (Å²) >= 11 is 5.47. The monoisotopic (exact) mass is 288 g/mol. The molecule has 1 aliphatic rings. The van der Waals surface area contributed by atoms with E-state index in [4.69, 9.17) is 21.8 Å². The second-order valence-corrected chi connectivity index (χ2v) is 4.61. The summed E-state index contributed by atoms with van der Waals surface area (Å²) in [4.78, 5) is 38.5. The molecule has 1 heterocycles. The van der Waals surface area contributed by atoms with Crippen molar-refractivity contribution in [1.82, 2.24) is 5.06 Å². The van der Waals surface area contributed by atoms with Gasteiger partial charge in [0.05, 0.1) is 5.88 Å². The van der Waals surface area contributed by atoms with Crippen molar-refractivity contribution < 1.29 is 19.2 Å². The molecule has 0 saturated carbocycles. The van der Waals surface area contributed by atoms with Crippen molar-refractivity contribution in [3.8, 4) is 0 Å². The maximum absolute atomic E-state index is 11.4. The Morgan fingerprint density at radius 1 is 1.16 bits per heavy atom. The fourth-order valence-electron chi connectivity index (χ4n) is 1.66. The summed E-state index contributed by atoms with van der Waals surface area (Å²) in [7, 11) is 0. The van der Waals surface area contributed by atoms with Crippen molar-refractivity contribution in [2.75, 3.05) is 5.88 Å². The van der Waals surface area contributed by atoms with Crippen molar-refractivity contribution in [1.29, 1.82) is 5.41 Å². The van der Waals surface area contributed by atoms with Crippen LogP contribution in [0.1, 0.15) is 44.9 Å². The highest BCUT2D eigenvalue weighted by molar-refractivity contribution is 6.28. The molecule has 0 unspecified atom stereocenters. The number of carbonyl (C=O) groups is 3. The van der Waals surface area contributed by atoms with Gasteiger partial charge in [-0.1, -0.05) is 6.42 Å². The van der Waals surface area contributed by atoms with E-state index in [0.717, 1.165) is 12.8 Å². The predicted octanol–water partition coefficient (Wildman–Crippen LogP) is 1.80. The predicted molar refractivity (Wildman–Crippen MR) is 68.7 cm³/mol. The Labute approximate surface area is 116 Å². The Kier molecular flexibility index (Phi) is 6.49. The molecule has 2 amide bonds. The Bertz CT molecular complexity index is 368. The van der Waals surface area contributed by atoms with E-state index < -0.39 is 17.8 Å². The molecular weight excluding hydrogens is 272 g/mol. The van der Waals surface area contributed by atoms with E-state index in [1.807, 2.05) is 0 Å². The zero-order valence-electron chi connectivity index (χ0n) is 10.6. The highest BCUT2D eigenvalue weighted by atomic mass is 35.5. The summed E-state index contributed by atoms with van der Waals surface area (Å²) in [6.07, 6.45) is 3.16. The third-order valence-electron chi connectivity index (χ3n) is 2.72. The minimum absolute atomic E-state index is 0.104. The Balaban J connectivity index is 2.13. The van der Waals surface area contributed by atoms with Crippen LogP contribution in [0.4, 0.5) is 0 Å². The third-order valence-corrected chi connectivity index (χ3v) is 3.04. The maximum Gasteiger partial charge on any atom is 0.333 e. The first-order chi connectivity index (χ1) is 9.04. The average molecular weight is 289 g/mol. The van der Waals surface area contributed by atoms with Crippen LogP contribution in [0.15, 0.2) is 0 Å². The first-order valence-electron chi connectivity index (χ1n) is 6.23. The third kappa shape index (κ3) is 5.38. The van der Waals surface area contributed by atoms with Gasteiger partial charge in [0.15, 0.2) is 0 Å². The molecule has 0 aromatic rings. The largest absolute Gasteiger partial charge is 0.333 e. The minimum atomic E-state index is -0.573. The van der Waals surface area contributed by atoms with E-state index in [1.54, 1.807) is 0 Å². The number of carbonyl (C=O) groups excluding carboxylic acids is 3. The molecule has 0 radical (unpaired) electrons. The molecule has 19 heavy (non-hydrogen) atoms. The van der Waals surface area contributed by atoms with Crippen LogP contribution >= 0.6 is 11.6 Å². The van der Waals surface area contributed by atoms with E-state index >= 15 is 0 Å². The van der Waals surface area contributed by atoms with E-state index in [1.165, 1.54) is 0 Å². The number of imide groups is 1. The lowest BCUT2D eigenvalue weighted by Crippen LogP contribution is -2.31. The van der Waals surface area contributed by atoms with Crippen LogP contribution in [0.25, 0.3) is 0 Å². The molecule has 6 nitrogen and oxygen atoms in total. The smallest absolute Gasteiger partial charge is 0.330 e. The molecule has 1 fully saturated rings. The lowest BCUT2D eigenvalue weighted by atomic mass is 10.1. The van der Waals surface area contributed by atoms with Crippen molar-refractivity contribution in [2.45, 2.75) is 44.9 Å². The fraction of sp³-hybridized carbons (Fsp3) is 0.667. The van der Waals surface area contributed by atoms with Gasteiger partial charge in [0.25, 0.3) is 11.8 Å². The van der Waals surface area contributed by atoms with Gasteiger partial charge in [-0.25, -0.2) is 4.79 Å². The van der Waals surface area contributed by atoms with Crippen LogP contribution in [0.3, 0.4) is 0 Å². The van der Waals surface area contributed by atoms with E-state index in [9.17, 15) is 14.4 Å². The molecule has 1 aliphatic heterocycles. The number of amides is 2. The second-order valence-electron chi connectivity index (χ2n) is 4.34. The van der Waals surface area contributed by atoms with E-state index in [-0.39, 0.29) is 25.1 Å². The van der Waals surface area contributed by atoms with E-state index in [2.05, 4.69) is 0 Å². The Morgan fingerprint density at radius 2 is 1.74 bits per heavy atom. The van der Waals surface area contributed by atoms with Crippen molar-refractivity contribution in [3.63, 3.8) is 0 Å². The molecule has 1 rings (SSSR count). The second kappa shape index (κ2) is 7.89. The van der Waals surface area contributed by atoms with Crippen LogP contribution in [0.2, 0.25) is 0 Å². The molecule has 1 N–H and O–H groups in total. The molecule has 0 aromatic heterocycles. The van der Waals surface area contributed by atoms with Gasteiger partial charge in [0.1, 0.15) is 0 Å². The van der Waals surface area contributed by atoms with Gasteiger partial charge in [0, 0.05) is 25.0 Å². The number of halogens is 1. The molecule has 0 aliphatic carbocycles. The van der Waals surface area contributed by atoms with Crippen LogP contribution in [0.5, 0.6) is 0 Å². The highest BCUT2D eigenvalue weighted by Crippen LogP contribution is 2.13. The molecule has 0 atom stereocenters. The van der Waals surface area contributed by atoms with Crippen LogP contribution in [-0.4, -0.2) is 34.4 Å². The zero-order chi connectivity index (χ0) is 14.3. The normalized spacial score (nSPS) is 14.9. The number of hydrogen-bond donors (Lipinski definition) is 1. The standard InChI is InChI=1S/C12H17ClN2O4/c13-8-9(14)4-2-1-3-5-12(18)19-15-10(16)6-7-11(15)17/h14H,1-8H2. The van der Waals surface area contributed by atoms with Gasteiger partial charge in [-0.2, -0.15) is 0 Å². The van der Waals surface area contributed by atoms with Gasteiger partial charge < -0.3 is 10.2 Å². The number of unbranched alkanes of at least 4 members (excludes halogenated alkanes) is 2. The first-order valence-corrected chi connectivity index (χ1v) is 6.77. The molecule has 0 aromatic carbocycles. The number of nitrogens with zero attached hydrogens (tertiary/aromatic N) is 1. The number of nitrogens with one attached hydrogen (secondary N) is 1. The number of alkyl halides is 1. The summed E-state index contributed by atoms with van der Waals surface area (Å²) in [6.45, 7) is 0. The quantitative estimate of drug-likeness (QED) is 0.319. The van der Waals surface area contributed by atoms with Gasteiger partial charge in [-0.3, -0.25) is 9.59 Å². The van der Waals surface area contributed by atoms with Crippen LogP contribution in [-0.2, 0) is 19.2 Å². The highest BCUT2D eigenvalue weighted by Gasteiger charge is 2.32. The van der Waals surface area contributed by atoms with E-state index in [0.29, 0.717) is 23.6 Å². The van der Waals surface area contributed by atoms with Gasteiger partial charge in [-0.05, 0) is 19.3 Å². The fourth-order valence-corrected chi connectivity index (χ4v) is 1.79. The zero-order valence-corrected chi connectivity index (χ0v) is 11.4. The van der Waals surface area contributed by atoms with Gasteiger partial charge >= 0.3 is 5.97 Å². The molecule has 0 bridgehead atoms. The average Bonchev–Trinajstić information content (AvgIpc) is 2.69. The first kappa shape index (κ1) is 15.6. The van der Waals surface area contributed by atoms with Gasteiger partial charge in [-0.15, -0.1) is 16.7 Å². The molecular formula is C12H17ClN2O4. The molecule has 0 spiro atoms. The Hall–Kier alpha value is -1.43. The molecule has 106 valence electrons. The van der Waals surface area contributed by atoms with Crippen LogP contribution in [0, 0.1) is 5.41 Å². The van der Waals surface area contributed by atoms with Crippen molar-refractivity contribution >= 4 is 35.1 Å². The Morgan fingerprint density at radius 3 is 2.32 bits per heavy atom. The lowest BCUT2D eigenvalue weighted by molar-refractivity contribution is -0.197. The van der Waals surface area contributed by atoms with Crippen molar-refractivity contribution in [3.05, 3.63) is 0 Å². The summed E-state index contributed by atoms with van der Waals surface area (Å²) in [6, 6.07) is 0. The topological polar surface area (TPSA) is 87.5 Å². The lowest BCUT2D eigenvalue weighted by Gasteiger charge is -2.12. The number of hydroxylamine groups is 2. The number of rotatable bonds is 8. The minimum Gasteiger partial charge on any atom is -0.330 e. The SMILES string of the molecule is N=C(CCl)CCCCCC(=O)ON1C(=O)CCC1=O. The molecule has 1 saturated heterocycles. The molecule has 7 heteroatoms. The summed E-state index contributed by atoms with van der Waals surface area (Å²) < 4.78 is 0. The van der Waals surface area contributed by atoms with Crippen molar-refractivity contribution in [2.24, 2.45) is 0 Å².